The predicted molar refractivity (Wildman–Crippen MR) is 62.5 cm³/mol. The smallest absolute Gasteiger partial charge is 0.313 e. The second-order valence-electron chi connectivity index (χ2n) is 4.45. The molecule has 1 saturated heterocycles. The third kappa shape index (κ3) is 2.08. The van der Waals surface area contributed by atoms with Gasteiger partial charge in [0.2, 0.25) is 0 Å². The van der Waals surface area contributed by atoms with Crippen molar-refractivity contribution in [3.8, 4) is 0 Å². The maximum absolute atomic E-state index is 12.0. The first-order valence-electron chi connectivity index (χ1n) is 5.36. The summed E-state index contributed by atoms with van der Waals surface area (Å²) in [5.41, 5.74) is -0.560. The molecule has 2 rings (SSSR count). The highest BCUT2D eigenvalue weighted by molar-refractivity contribution is 7.08. The zero-order valence-electron chi connectivity index (χ0n) is 9.97. The van der Waals surface area contributed by atoms with Crippen LogP contribution in [0.1, 0.15) is 22.3 Å². The summed E-state index contributed by atoms with van der Waals surface area (Å²) in [7, 11) is 0. The zero-order valence-corrected chi connectivity index (χ0v) is 10.8. The number of carboxylic acids is 1. The number of hydrogen-bond acceptors (Lipinski definition) is 6. The van der Waals surface area contributed by atoms with E-state index >= 15 is 0 Å². The van der Waals surface area contributed by atoms with Crippen LogP contribution in [0.25, 0.3) is 0 Å². The summed E-state index contributed by atoms with van der Waals surface area (Å²) in [6.45, 7) is 3.53. The Kier molecular flexibility index (Phi) is 3.31. The number of ether oxygens (including phenoxy) is 1. The molecule has 8 heteroatoms. The van der Waals surface area contributed by atoms with E-state index in [1.165, 1.54) is 0 Å². The summed E-state index contributed by atoms with van der Waals surface area (Å²) >= 11 is 0.988. The van der Waals surface area contributed by atoms with Crippen LogP contribution >= 0.6 is 11.5 Å². The molecule has 1 aromatic rings. The molecule has 98 valence electrons. The van der Waals surface area contributed by atoms with Gasteiger partial charge in [0.1, 0.15) is 10.3 Å². The molecule has 0 saturated carbocycles. The highest BCUT2D eigenvalue weighted by Crippen LogP contribution is 2.29. The average Bonchev–Trinajstić information content (AvgIpc) is 2.87. The monoisotopic (exact) mass is 271 g/mol. The van der Waals surface area contributed by atoms with Gasteiger partial charge in [0.25, 0.3) is 5.91 Å². The normalized spacial score (nSPS) is 27.1. The standard InChI is InChI=1S/C10H13N3O4S/c1-5-7(18-13-12-5)8(14)11-6-3-17-4-10(6,2)9(15)16/h6H,3-4H2,1-2H3,(H,11,14)(H,15,16). The van der Waals surface area contributed by atoms with Gasteiger partial charge in [0, 0.05) is 0 Å². The fraction of sp³-hybridized carbons (Fsp3) is 0.600. The molecule has 2 atom stereocenters. The number of aliphatic carboxylic acids is 1. The molecule has 0 bridgehead atoms. The van der Waals surface area contributed by atoms with Crippen LogP contribution in [0.2, 0.25) is 0 Å². The largest absolute Gasteiger partial charge is 0.481 e. The van der Waals surface area contributed by atoms with E-state index in [-0.39, 0.29) is 19.1 Å². The molecule has 1 aromatic heterocycles. The van der Waals surface area contributed by atoms with Crippen molar-refractivity contribution in [1.82, 2.24) is 14.9 Å². The third-order valence-electron chi connectivity index (χ3n) is 3.11. The second-order valence-corrected chi connectivity index (χ2v) is 5.21. The van der Waals surface area contributed by atoms with E-state index in [4.69, 9.17) is 4.74 Å². The van der Waals surface area contributed by atoms with Crippen molar-refractivity contribution in [3.63, 3.8) is 0 Å². The van der Waals surface area contributed by atoms with Gasteiger partial charge in [-0.2, -0.15) is 0 Å². The highest BCUT2D eigenvalue weighted by atomic mass is 32.1. The number of hydrogen-bond donors (Lipinski definition) is 2. The topological polar surface area (TPSA) is 101 Å². The molecule has 1 amide bonds. The molecule has 18 heavy (non-hydrogen) atoms. The minimum atomic E-state index is -1.10. The molecule has 2 heterocycles. The van der Waals surface area contributed by atoms with Crippen molar-refractivity contribution in [3.05, 3.63) is 10.6 Å². The molecule has 2 unspecified atom stereocenters. The molecule has 1 aliphatic rings. The van der Waals surface area contributed by atoms with Gasteiger partial charge in [-0.3, -0.25) is 9.59 Å². The summed E-state index contributed by atoms with van der Waals surface area (Å²) in [6, 6.07) is -0.552. The van der Waals surface area contributed by atoms with E-state index in [9.17, 15) is 14.7 Å². The number of nitrogens with one attached hydrogen (secondary N) is 1. The van der Waals surface area contributed by atoms with Crippen LogP contribution in [0.4, 0.5) is 0 Å². The molecule has 1 fully saturated rings. The fourth-order valence-electron chi connectivity index (χ4n) is 1.75. The second kappa shape index (κ2) is 4.62. The van der Waals surface area contributed by atoms with Gasteiger partial charge in [0.15, 0.2) is 0 Å². The lowest BCUT2D eigenvalue weighted by molar-refractivity contribution is -0.148. The summed E-state index contributed by atoms with van der Waals surface area (Å²) in [4.78, 5) is 23.6. The van der Waals surface area contributed by atoms with Gasteiger partial charge in [-0.15, -0.1) is 5.10 Å². The first-order chi connectivity index (χ1) is 8.45. The predicted octanol–water partition coefficient (Wildman–Crippen LogP) is 0.0660. The highest BCUT2D eigenvalue weighted by Gasteiger charge is 2.47. The van der Waals surface area contributed by atoms with Crippen LogP contribution in [0.3, 0.4) is 0 Å². The fourth-order valence-corrected chi connectivity index (χ4v) is 2.31. The summed E-state index contributed by atoms with van der Waals surface area (Å²) < 4.78 is 8.83. The number of aromatic nitrogens is 2. The van der Waals surface area contributed by atoms with Crippen LogP contribution in [-0.4, -0.2) is 45.8 Å². The van der Waals surface area contributed by atoms with E-state index < -0.39 is 17.4 Å². The maximum Gasteiger partial charge on any atom is 0.313 e. The van der Waals surface area contributed by atoms with Crippen molar-refractivity contribution in [1.29, 1.82) is 0 Å². The number of carbonyl (C=O) groups excluding carboxylic acids is 1. The number of carbonyl (C=O) groups is 2. The lowest BCUT2D eigenvalue weighted by Crippen LogP contribution is -2.49. The van der Waals surface area contributed by atoms with Crippen molar-refractivity contribution in [2.75, 3.05) is 13.2 Å². The zero-order chi connectivity index (χ0) is 13.3. The Morgan fingerprint density at radius 3 is 2.89 bits per heavy atom. The molecule has 7 nitrogen and oxygen atoms in total. The van der Waals surface area contributed by atoms with Crippen LogP contribution in [0, 0.1) is 12.3 Å². The number of rotatable bonds is 3. The Morgan fingerprint density at radius 2 is 2.33 bits per heavy atom. The molecule has 0 aliphatic carbocycles. The lowest BCUT2D eigenvalue weighted by atomic mass is 9.85. The van der Waals surface area contributed by atoms with Crippen molar-refractivity contribution < 1.29 is 19.4 Å². The number of aryl methyl sites for hydroxylation is 1. The minimum Gasteiger partial charge on any atom is -0.481 e. The average molecular weight is 271 g/mol. The number of nitrogens with zero attached hydrogens (tertiary/aromatic N) is 2. The van der Waals surface area contributed by atoms with E-state index in [0.29, 0.717) is 10.6 Å². The summed E-state index contributed by atoms with van der Waals surface area (Å²) in [6.07, 6.45) is 0. The van der Waals surface area contributed by atoms with Crippen molar-refractivity contribution in [2.24, 2.45) is 5.41 Å². The van der Waals surface area contributed by atoms with Gasteiger partial charge in [-0.25, -0.2) is 0 Å². The Hall–Kier alpha value is -1.54. The molecule has 0 aromatic carbocycles. The Morgan fingerprint density at radius 1 is 1.61 bits per heavy atom. The van der Waals surface area contributed by atoms with Gasteiger partial charge in [0.05, 0.1) is 24.9 Å². The Labute approximate surface area is 107 Å². The van der Waals surface area contributed by atoms with Gasteiger partial charge >= 0.3 is 5.97 Å². The van der Waals surface area contributed by atoms with Crippen LogP contribution in [0.5, 0.6) is 0 Å². The maximum atomic E-state index is 12.0. The molecular formula is C10H13N3O4S. The lowest BCUT2D eigenvalue weighted by Gasteiger charge is -2.25. The van der Waals surface area contributed by atoms with Crippen molar-refractivity contribution >= 4 is 23.4 Å². The van der Waals surface area contributed by atoms with Crippen LogP contribution in [-0.2, 0) is 9.53 Å². The third-order valence-corrected chi connectivity index (χ3v) is 3.93. The van der Waals surface area contributed by atoms with Gasteiger partial charge in [-0.05, 0) is 25.4 Å². The molecule has 1 aliphatic heterocycles. The first-order valence-corrected chi connectivity index (χ1v) is 6.13. The summed E-state index contributed by atoms with van der Waals surface area (Å²) in [5, 5.41) is 15.6. The quantitative estimate of drug-likeness (QED) is 0.806. The molecule has 0 radical (unpaired) electrons. The van der Waals surface area contributed by atoms with E-state index in [1.807, 2.05) is 0 Å². The van der Waals surface area contributed by atoms with Crippen LogP contribution in [0.15, 0.2) is 0 Å². The first kappa shape index (κ1) is 12.9. The minimum absolute atomic E-state index is 0.0905. The number of carboxylic acid groups (broad SMARTS) is 1. The molecule has 0 spiro atoms. The SMILES string of the molecule is Cc1nnsc1C(=O)NC1COCC1(C)C(=O)O. The van der Waals surface area contributed by atoms with E-state index in [0.717, 1.165) is 11.5 Å². The van der Waals surface area contributed by atoms with E-state index in [1.54, 1.807) is 13.8 Å². The van der Waals surface area contributed by atoms with Gasteiger partial charge in [-0.1, -0.05) is 4.49 Å². The Balaban J connectivity index is 2.13. The molecular weight excluding hydrogens is 258 g/mol. The van der Waals surface area contributed by atoms with E-state index in [2.05, 4.69) is 14.9 Å². The Bertz CT molecular complexity index is 489. The summed E-state index contributed by atoms with van der Waals surface area (Å²) in [5.74, 6) is -1.34. The van der Waals surface area contributed by atoms with Crippen LogP contribution < -0.4 is 5.32 Å². The van der Waals surface area contributed by atoms with Crippen molar-refractivity contribution in [2.45, 2.75) is 19.9 Å². The molecule has 2 N–H and O–H groups in total. The number of amides is 1. The van der Waals surface area contributed by atoms with Gasteiger partial charge < -0.3 is 15.2 Å².